The number of nitrogens with zero attached hydrogens (tertiary/aromatic N) is 6. The predicted octanol–water partition coefficient (Wildman–Crippen LogP) is 2.92. The topological polar surface area (TPSA) is 110 Å². The first-order valence-corrected chi connectivity index (χ1v) is 14.1. The van der Waals surface area contributed by atoms with Crippen LogP contribution >= 0.6 is 0 Å². The van der Waals surface area contributed by atoms with Crippen molar-refractivity contribution in [3.05, 3.63) is 41.5 Å². The number of amides is 1. The Morgan fingerprint density at radius 3 is 2.43 bits per heavy atom. The number of carbonyl (C=O) groups excluding carboxylic acids is 1. The lowest BCUT2D eigenvalue weighted by Crippen LogP contribution is -2.66. The summed E-state index contributed by atoms with van der Waals surface area (Å²) >= 11 is 0. The number of rotatable bonds is 3. The van der Waals surface area contributed by atoms with Crippen molar-refractivity contribution in [3.8, 4) is 6.07 Å². The van der Waals surface area contributed by atoms with Gasteiger partial charge in [-0.1, -0.05) is 13.8 Å². The van der Waals surface area contributed by atoms with Crippen LogP contribution in [0.15, 0.2) is 24.5 Å². The van der Waals surface area contributed by atoms with Crippen LogP contribution in [0.3, 0.4) is 0 Å². The molecule has 1 aromatic heterocycles. The predicted molar refractivity (Wildman–Crippen MR) is 138 cm³/mol. The molecule has 3 atom stereocenters. The number of aromatic nitrogens is 2. The molecule has 0 N–H and O–H groups in total. The summed E-state index contributed by atoms with van der Waals surface area (Å²) in [5.41, 5.74) is 1.18. The van der Waals surface area contributed by atoms with E-state index in [0.29, 0.717) is 37.6 Å². The zero-order valence-corrected chi connectivity index (χ0v) is 22.5. The van der Waals surface area contributed by atoms with Gasteiger partial charge in [-0.2, -0.15) is 5.26 Å². The summed E-state index contributed by atoms with van der Waals surface area (Å²) in [5.74, 6) is 0.609. The summed E-state index contributed by atoms with van der Waals surface area (Å²) in [5, 5.41) is 9.10. The summed E-state index contributed by atoms with van der Waals surface area (Å²) in [7, 11) is -3.42. The first-order valence-electron chi connectivity index (χ1n) is 12.4. The van der Waals surface area contributed by atoms with E-state index >= 15 is 0 Å². The molecule has 0 radical (unpaired) electrons. The van der Waals surface area contributed by atoms with Crippen LogP contribution in [0.4, 0.5) is 21.7 Å². The van der Waals surface area contributed by atoms with Gasteiger partial charge < -0.3 is 14.7 Å². The Morgan fingerprint density at radius 1 is 1.14 bits per heavy atom. The molecule has 5 rings (SSSR count). The SMILES string of the molecule is C[C@@H]1CN(c2ncnc3c2C(C)(C)CN3c2ccc(C#N)c(F)c2)[C@@H](C)CN1C(=O)[C@@]1(C)CCS1(=O)=O. The van der Waals surface area contributed by atoms with Gasteiger partial charge in [-0.3, -0.25) is 4.79 Å². The summed E-state index contributed by atoms with van der Waals surface area (Å²) < 4.78 is 37.9. The van der Waals surface area contributed by atoms with E-state index < -0.39 is 20.4 Å². The van der Waals surface area contributed by atoms with Gasteiger partial charge >= 0.3 is 0 Å². The first-order chi connectivity index (χ1) is 17.3. The molecule has 0 aliphatic carbocycles. The van der Waals surface area contributed by atoms with Gasteiger partial charge in [-0.25, -0.2) is 22.8 Å². The van der Waals surface area contributed by atoms with Gasteiger partial charge in [0, 0.05) is 48.4 Å². The second-order valence-electron chi connectivity index (χ2n) is 11.2. The highest BCUT2D eigenvalue weighted by atomic mass is 32.2. The third-order valence-electron chi connectivity index (χ3n) is 8.18. The number of piperazine rings is 1. The Labute approximate surface area is 216 Å². The smallest absolute Gasteiger partial charge is 0.244 e. The van der Waals surface area contributed by atoms with Crippen molar-refractivity contribution in [1.82, 2.24) is 14.9 Å². The lowest BCUT2D eigenvalue weighted by molar-refractivity contribution is -0.137. The Bertz CT molecular complexity index is 1440. The Morgan fingerprint density at radius 2 is 1.84 bits per heavy atom. The van der Waals surface area contributed by atoms with Crippen molar-refractivity contribution < 1.29 is 17.6 Å². The Kier molecular flexibility index (Phi) is 5.75. The van der Waals surface area contributed by atoms with Crippen LogP contribution in [0.1, 0.15) is 52.2 Å². The van der Waals surface area contributed by atoms with E-state index in [-0.39, 0.29) is 34.7 Å². The fraction of sp³-hybridized carbons (Fsp3) is 0.538. The van der Waals surface area contributed by atoms with Crippen LogP contribution in [0.2, 0.25) is 0 Å². The molecule has 3 aliphatic heterocycles. The minimum Gasteiger partial charge on any atom is -0.350 e. The molecule has 0 unspecified atom stereocenters. The van der Waals surface area contributed by atoms with E-state index in [4.69, 9.17) is 5.26 Å². The molecule has 0 bridgehead atoms. The molecule has 1 aromatic carbocycles. The van der Waals surface area contributed by atoms with Gasteiger partial charge in [0.15, 0.2) is 9.84 Å². The molecule has 37 heavy (non-hydrogen) atoms. The number of hydrogen-bond acceptors (Lipinski definition) is 8. The number of sulfone groups is 1. The maximum atomic E-state index is 14.4. The maximum Gasteiger partial charge on any atom is 0.244 e. The van der Waals surface area contributed by atoms with Gasteiger partial charge in [0.1, 0.15) is 34.6 Å². The maximum absolute atomic E-state index is 14.4. The standard InChI is InChI=1S/C26H31FN6O3S/c1-16-13-32(24(34)26(5)8-9-37(26,35)36)17(2)12-31(16)22-21-23(30-15-29-22)33(14-25(21,3)4)19-7-6-18(11-28)20(27)10-19/h6-7,10,15-17H,8-9,12-14H2,1-5H3/t16-,17+,26+/m0/s1. The number of carbonyl (C=O) groups is 1. The second-order valence-corrected chi connectivity index (χ2v) is 13.8. The fourth-order valence-corrected chi connectivity index (χ4v) is 7.28. The van der Waals surface area contributed by atoms with E-state index in [0.717, 1.165) is 11.4 Å². The van der Waals surface area contributed by atoms with Gasteiger partial charge in [-0.15, -0.1) is 0 Å². The third kappa shape index (κ3) is 3.76. The molecule has 9 nitrogen and oxygen atoms in total. The lowest BCUT2D eigenvalue weighted by atomic mass is 9.87. The second kappa shape index (κ2) is 8.38. The van der Waals surface area contributed by atoms with Crippen molar-refractivity contribution in [2.45, 2.75) is 63.3 Å². The molecular weight excluding hydrogens is 495 g/mol. The molecule has 0 saturated carbocycles. The van der Waals surface area contributed by atoms with Crippen LogP contribution < -0.4 is 9.80 Å². The van der Waals surface area contributed by atoms with Gasteiger partial charge in [0.2, 0.25) is 5.91 Å². The van der Waals surface area contributed by atoms with Crippen molar-refractivity contribution in [2.24, 2.45) is 0 Å². The zero-order valence-electron chi connectivity index (χ0n) is 21.7. The van der Waals surface area contributed by atoms with Crippen LogP contribution in [0.5, 0.6) is 0 Å². The Balaban J connectivity index is 1.47. The summed E-state index contributed by atoms with van der Waals surface area (Å²) in [6.07, 6.45) is 1.86. The van der Waals surface area contributed by atoms with E-state index in [1.165, 1.54) is 18.5 Å². The zero-order chi connectivity index (χ0) is 26.9. The average Bonchev–Trinajstić information content (AvgIpc) is 3.14. The summed E-state index contributed by atoms with van der Waals surface area (Å²) in [6.45, 7) is 11.1. The van der Waals surface area contributed by atoms with Gasteiger partial charge in [0.05, 0.1) is 11.3 Å². The van der Waals surface area contributed by atoms with Gasteiger partial charge in [0.25, 0.3) is 0 Å². The number of fused-ring (bicyclic) bond motifs is 1. The quantitative estimate of drug-likeness (QED) is 0.600. The number of hydrogen-bond donors (Lipinski definition) is 0. The monoisotopic (exact) mass is 526 g/mol. The van der Waals surface area contributed by atoms with E-state index in [1.54, 1.807) is 17.9 Å². The van der Waals surface area contributed by atoms with Crippen LogP contribution in [-0.4, -0.2) is 71.4 Å². The van der Waals surface area contributed by atoms with Crippen LogP contribution in [0, 0.1) is 17.1 Å². The lowest BCUT2D eigenvalue weighted by Gasteiger charge is -2.49. The summed E-state index contributed by atoms with van der Waals surface area (Å²) in [4.78, 5) is 28.4. The molecule has 3 aliphatic rings. The number of benzene rings is 1. The average molecular weight is 527 g/mol. The highest BCUT2D eigenvalue weighted by Gasteiger charge is 2.57. The number of halogens is 1. The largest absolute Gasteiger partial charge is 0.350 e. The normalized spacial score (nSPS) is 27.9. The highest BCUT2D eigenvalue weighted by Crippen LogP contribution is 2.47. The molecule has 196 valence electrons. The molecule has 2 fully saturated rings. The molecule has 2 saturated heterocycles. The van der Waals surface area contributed by atoms with Crippen molar-refractivity contribution in [1.29, 1.82) is 5.26 Å². The van der Waals surface area contributed by atoms with Crippen molar-refractivity contribution in [2.75, 3.05) is 35.2 Å². The molecule has 4 heterocycles. The van der Waals surface area contributed by atoms with Crippen LogP contribution in [-0.2, 0) is 20.0 Å². The highest BCUT2D eigenvalue weighted by molar-refractivity contribution is 7.95. The minimum absolute atomic E-state index is 0.00963. The summed E-state index contributed by atoms with van der Waals surface area (Å²) in [6, 6.07) is 6.08. The number of anilines is 3. The van der Waals surface area contributed by atoms with E-state index in [9.17, 15) is 17.6 Å². The molecule has 0 spiro atoms. The van der Waals surface area contributed by atoms with Crippen molar-refractivity contribution >= 4 is 33.1 Å². The Hall–Kier alpha value is -3.26. The van der Waals surface area contributed by atoms with Crippen molar-refractivity contribution in [3.63, 3.8) is 0 Å². The minimum atomic E-state index is -3.42. The first kappa shape index (κ1) is 25.4. The molecular formula is C26H31FN6O3S. The molecule has 1 amide bonds. The molecule has 11 heteroatoms. The van der Waals surface area contributed by atoms with Crippen LogP contribution in [0.25, 0.3) is 0 Å². The van der Waals surface area contributed by atoms with Gasteiger partial charge in [-0.05, 0) is 45.4 Å². The fourth-order valence-electron chi connectivity index (χ4n) is 5.74. The third-order valence-corrected chi connectivity index (χ3v) is 10.7. The van der Waals surface area contributed by atoms with E-state index in [1.807, 2.05) is 24.8 Å². The number of nitriles is 1. The molecule has 2 aromatic rings. The van der Waals surface area contributed by atoms with E-state index in [2.05, 4.69) is 28.7 Å².